The lowest BCUT2D eigenvalue weighted by Crippen LogP contribution is -2.13. The number of likely N-dealkylation sites (N-methyl/N-ethyl adjacent to an activating group) is 1. The quantitative estimate of drug-likeness (QED) is 0.495. The lowest BCUT2D eigenvalue weighted by Gasteiger charge is -1.99. The summed E-state index contributed by atoms with van der Waals surface area (Å²) in [6.45, 7) is 2.18. The molecule has 0 spiro atoms. The third-order valence-corrected chi connectivity index (χ3v) is 1.10. The van der Waals surface area contributed by atoms with E-state index in [-0.39, 0.29) is 18.2 Å². The number of hydrogen-bond donors (Lipinski definition) is 0. The van der Waals surface area contributed by atoms with E-state index in [4.69, 9.17) is 0 Å². The van der Waals surface area contributed by atoms with Crippen LogP contribution in [-0.4, -0.2) is 30.1 Å². The van der Waals surface area contributed by atoms with E-state index in [0.717, 1.165) is 0 Å². The van der Waals surface area contributed by atoms with Gasteiger partial charge in [0.15, 0.2) is 5.78 Å². The minimum atomic E-state index is 0. The molecule has 4 heteroatoms. The van der Waals surface area contributed by atoms with E-state index in [1.165, 1.54) is 0 Å². The first-order valence-electron chi connectivity index (χ1n) is 2.49. The highest BCUT2D eigenvalue weighted by Gasteiger charge is 2.15. The van der Waals surface area contributed by atoms with Crippen molar-refractivity contribution in [2.75, 3.05) is 13.6 Å². The monoisotopic (exact) mass is 148 g/mol. The third-order valence-electron chi connectivity index (χ3n) is 1.10. The first-order chi connectivity index (χ1) is 3.70. The summed E-state index contributed by atoms with van der Waals surface area (Å²) in [7, 11) is 1.79. The van der Waals surface area contributed by atoms with Crippen molar-refractivity contribution < 1.29 is 4.79 Å². The lowest BCUT2D eigenvalue weighted by molar-refractivity contribution is -0.112. The number of carbonyl (C=O) groups excluding carboxylic acids is 1. The molecule has 1 heterocycles. The standard InChI is InChI=1S/C5H8N2O.ClH/c1-4-5(8)3-7(2)6-4;/h3H2,1-2H3;1H. The van der Waals surface area contributed by atoms with Crippen LogP contribution in [-0.2, 0) is 4.79 Å². The Morgan fingerprint density at radius 2 is 2.22 bits per heavy atom. The molecule has 3 nitrogen and oxygen atoms in total. The van der Waals surface area contributed by atoms with Crippen molar-refractivity contribution in [1.29, 1.82) is 0 Å². The van der Waals surface area contributed by atoms with Crippen molar-refractivity contribution in [3.05, 3.63) is 0 Å². The normalized spacial score (nSPS) is 17.3. The van der Waals surface area contributed by atoms with Gasteiger partial charge in [0.05, 0.1) is 0 Å². The molecule has 0 N–H and O–H groups in total. The molecule has 1 rings (SSSR count). The van der Waals surface area contributed by atoms with Gasteiger partial charge in [0.2, 0.25) is 0 Å². The van der Waals surface area contributed by atoms with Crippen LogP contribution in [0.1, 0.15) is 6.92 Å². The second-order valence-corrected chi connectivity index (χ2v) is 1.92. The Balaban J connectivity index is 0.000000640. The molecule has 0 unspecified atom stereocenters. The molecule has 0 radical (unpaired) electrons. The van der Waals surface area contributed by atoms with E-state index in [2.05, 4.69) is 5.10 Å². The third kappa shape index (κ3) is 1.68. The molecule has 0 saturated heterocycles. The van der Waals surface area contributed by atoms with Crippen molar-refractivity contribution >= 4 is 23.9 Å². The van der Waals surface area contributed by atoms with Gasteiger partial charge in [0.25, 0.3) is 0 Å². The minimum Gasteiger partial charge on any atom is -0.292 e. The summed E-state index contributed by atoms with van der Waals surface area (Å²) in [5, 5.41) is 5.51. The number of halogens is 1. The van der Waals surface area contributed by atoms with Gasteiger partial charge in [-0.15, -0.1) is 12.4 Å². The largest absolute Gasteiger partial charge is 0.292 e. The van der Waals surface area contributed by atoms with E-state index < -0.39 is 0 Å². The Labute approximate surface area is 60.1 Å². The van der Waals surface area contributed by atoms with Crippen LogP contribution in [0.3, 0.4) is 0 Å². The summed E-state index contributed by atoms with van der Waals surface area (Å²) in [5.74, 6) is 0.132. The van der Waals surface area contributed by atoms with Crippen molar-refractivity contribution in [2.45, 2.75) is 6.92 Å². The van der Waals surface area contributed by atoms with Crippen LogP contribution in [0.4, 0.5) is 0 Å². The fourth-order valence-corrected chi connectivity index (χ4v) is 0.669. The summed E-state index contributed by atoms with van der Waals surface area (Å²) in [6.07, 6.45) is 0. The van der Waals surface area contributed by atoms with Crippen LogP contribution >= 0.6 is 12.4 Å². The highest BCUT2D eigenvalue weighted by Crippen LogP contribution is 1.96. The van der Waals surface area contributed by atoms with Gasteiger partial charge in [-0.1, -0.05) is 0 Å². The molecular weight excluding hydrogens is 140 g/mol. The number of hydrogen-bond acceptors (Lipinski definition) is 3. The number of rotatable bonds is 0. The van der Waals surface area contributed by atoms with Gasteiger partial charge < -0.3 is 0 Å². The zero-order valence-electron chi connectivity index (χ0n) is 5.42. The molecule has 0 atom stereocenters. The second-order valence-electron chi connectivity index (χ2n) is 1.92. The Hall–Kier alpha value is -0.570. The maximum absolute atomic E-state index is 10.6. The molecule has 1 aliphatic heterocycles. The topological polar surface area (TPSA) is 32.7 Å². The lowest BCUT2D eigenvalue weighted by atomic mass is 10.3. The Kier molecular flexibility index (Phi) is 2.65. The first kappa shape index (κ1) is 8.43. The molecule has 0 aromatic carbocycles. The summed E-state index contributed by atoms with van der Waals surface area (Å²) in [6, 6.07) is 0. The minimum absolute atomic E-state index is 0. The van der Waals surface area contributed by atoms with Crippen molar-refractivity contribution in [2.24, 2.45) is 5.10 Å². The predicted molar refractivity (Wildman–Crippen MR) is 38.0 cm³/mol. The Morgan fingerprint density at radius 1 is 1.67 bits per heavy atom. The van der Waals surface area contributed by atoms with Crippen LogP contribution in [0.5, 0.6) is 0 Å². The maximum Gasteiger partial charge on any atom is 0.199 e. The number of ketones is 1. The fourth-order valence-electron chi connectivity index (χ4n) is 0.669. The van der Waals surface area contributed by atoms with Gasteiger partial charge in [-0.05, 0) is 6.92 Å². The summed E-state index contributed by atoms with van der Waals surface area (Å²) in [5.41, 5.74) is 0.618. The average Bonchev–Trinajstić information content (AvgIpc) is 1.85. The Bertz CT molecular complexity index is 155. The zero-order valence-corrected chi connectivity index (χ0v) is 6.23. The predicted octanol–water partition coefficient (Wildman–Crippen LogP) is 0.299. The van der Waals surface area contributed by atoms with Gasteiger partial charge in [-0.3, -0.25) is 9.80 Å². The van der Waals surface area contributed by atoms with Gasteiger partial charge >= 0.3 is 0 Å². The average molecular weight is 149 g/mol. The Morgan fingerprint density at radius 3 is 2.33 bits per heavy atom. The second kappa shape index (κ2) is 2.82. The molecule has 1 aliphatic rings. The van der Waals surface area contributed by atoms with Crippen LogP contribution < -0.4 is 0 Å². The van der Waals surface area contributed by atoms with E-state index in [0.29, 0.717) is 12.3 Å². The number of nitrogens with zero attached hydrogens (tertiary/aromatic N) is 2. The molecule has 0 amide bonds. The molecule has 0 aromatic heterocycles. The SMILES string of the molecule is CC1=NN(C)CC1=O.Cl. The van der Waals surface area contributed by atoms with E-state index in [1.807, 2.05) is 0 Å². The molecule has 0 aromatic rings. The van der Waals surface area contributed by atoms with Gasteiger partial charge in [-0.25, -0.2) is 0 Å². The number of carbonyl (C=O) groups is 1. The highest BCUT2D eigenvalue weighted by molar-refractivity contribution is 6.40. The zero-order chi connectivity index (χ0) is 6.15. The molecule has 0 fully saturated rings. The van der Waals surface area contributed by atoms with Gasteiger partial charge in [-0.2, -0.15) is 5.10 Å². The summed E-state index contributed by atoms with van der Waals surface area (Å²) >= 11 is 0. The van der Waals surface area contributed by atoms with Gasteiger partial charge in [0, 0.05) is 7.05 Å². The summed E-state index contributed by atoms with van der Waals surface area (Å²) in [4.78, 5) is 10.6. The molecule has 52 valence electrons. The molecule has 0 bridgehead atoms. The summed E-state index contributed by atoms with van der Waals surface area (Å²) < 4.78 is 0. The van der Waals surface area contributed by atoms with Crippen LogP contribution in [0.25, 0.3) is 0 Å². The molecule has 0 aliphatic carbocycles. The van der Waals surface area contributed by atoms with E-state index in [9.17, 15) is 4.79 Å². The van der Waals surface area contributed by atoms with Gasteiger partial charge in [0.1, 0.15) is 12.3 Å². The van der Waals surface area contributed by atoms with E-state index in [1.54, 1.807) is 19.0 Å². The van der Waals surface area contributed by atoms with Crippen molar-refractivity contribution in [1.82, 2.24) is 5.01 Å². The molecule has 0 saturated carbocycles. The van der Waals surface area contributed by atoms with Crippen molar-refractivity contribution in [3.8, 4) is 0 Å². The fraction of sp³-hybridized carbons (Fsp3) is 0.600. The van der Waals surface area contributed by atoms with Crippen LogP contribution in [0, 0.1) is 0 Å². The van der Waals surface area contributed by atoms with Crippen molar-refractivity contribution in [3.63, 3.8) is 0 Å². The number of hydrazone groups is 1. The smallest absolute Gasteiger partial charge is 0.199 e. The van der Waals surface area contributed by atoms with Crippen LogP contribution in [0.2, 0.25) is 0 Å². The van der Waals surface area contributed by atoms with Crippen LogP contribution in [0.15, 0.2) is 5.10 Å². The van der Waals surface area contributed by atoms with E-state index >= 15 is 0 Å². The highest BCUT2D eigenvalue weighted by atomic mass is 35.5. The maximum atomic E-state index is 10.6. The number of Topliss-reactive ketones (excluding diaryl/α,β-unsaturated/α-hetero) is 1. The molecular formula is C5H9ClN2O. The molecule has 9 heavy (non-hydrogen) atoms. The first-order valence-corrected chi connectivity index (χ1v) is 2.49.